The Kier molecular flexibility index (Phi) is 1.92. The summed E-state index contributed by atoms with van der Waals surface area (Å²) in [4.78, 5) is 11.3. The van der Waals surface area contributed by atoms with Crippen LogP contribution in [-0.2, 0) is 0 Å². The van der Waals surface area contributed by atoms with Crippen molar-refractivity contribution in [3.05, 3.63) is 45.3 Å². The molecule has 0 bridgehead atoms. The predicted molar refractivity (Wildman–Crippen MR) is 56.7 cm³/mol. The van der Waals surface area contributed by atoms with Crippen molar-refractivity contribution in [2.75, 3.05) is 0 Å². The highest BCUT2D eigenvalue weighted by Crippen LogP contribution is 2.20. The van der Waals surface area contributed by atoms with Gasteiger partial charge in [-0.05, 0) is 38.0 Å². The third-order valence-electron chi connectivity index (χ3n) is 2.49. The second kappa shape index (κ2) is 2.98. The number of fused-ring (bicyclic) bond motifs is 1. The highest BCUT2D eigenvalue weighted by molar-refractivity contribution is 5.83. The van der Waals surface area contributed by atoms with E-state index >= 15 is 0 Å². The molecule has 14 heavy (non-hydrogen) atoms. The summed E-state index contributed by atoms with van der Waals surface area (Å²) in [5.74, 6) is 0. The highest BCUT2D eigenvalue weighted by Gasteiger charge is 2.05. The molecule has 0 saturated carbocycles. The maximum Gasteiger partial charge on any atom is 0.339 e. The predicted octanol–water partition coefficient (Wildman–Crippen LogP) is 2.72. The Morgan fingerprint density at radius 3 is 2.36 bits per heavy atom. The number of rotatable bonds is 0. The molecule has 2 heteroatoms. The van der Waals surface area contributed by atoms with E-state index in [2.05, 4.69) is 0 Å². The van der Waals surface area contributed by atoms with E-state index in [0.717, 1.165) is 16.5 Å². The van der Waals surface area contributed by atoms with Crippen LogP contribution in [0.25, 0.3) is 11.0 Å². The quantitative estimate of drug-likeness (QED) is 0.595. The SMILES string of the molecule is Cc1cc2c(C)ccc(C)c2oc1=O. The van der Waals surface area contributed by atoms with Crippen LogP contribution in [0.5, 0.6) is 0 Å². The fourth-order valence-electron chi connectivity index (χ4n) is 1.57. The molecule has 1 aromatic carbocycles. The monoisotopic (exact) mass is 188 g/mol. The summed E-state index contributed by atoms with van der Waals surface area (Å²) >= 11 is 0. The molecule has 0 N–H and O–H groups in total. The zero-order chi connectivity index (χ0) is 10.3. The van der Waals surface area contributed by atoms with Crippen molar-refractivity contribution in [2.45, 2.75) is 20.8 Å². The van der Waals surface area contributed by atoms with Crippen LogP contribution in [0, 0.1) is 20.8 Å². The second-order valence-corrected chi connectivity index (χ2v) is 3.66. The molecule has 0 fully saturated rings. The molecule has 0 unspecified atom stereocenters. The van der Waals surface area contributed by atoms with Gasteiger partial charge in [0.2, 0.25) is 0 Å². The molecule has 2 nitrogen and oxygen atoms in total. The van der Waals surface area contributed by atoms with Crippen molar-refractivity contribution in [2.24, 2.45) is 0 Å². The van der Waals surface area contributed by atoms with Gasteiger partial charge in [0.25, 0.3) is 0 Å². The van der Waals surface area contributed by atoms with Crippen LogP contribution in [0.3, 0.4) is 0 Å². The Labute approximate surface area is 82.2 Å². The van der Waals surface area contributed by atoms with Crippen LogP contribution in [0.1, 0.15) is 16.7 Å². The molecule has 2 aromatic rings. The topological polar surface area (TPSA) is 30.2 Å². The Morgan fingerprint density at radius 2 is 1.64 bits per heavy atom. The number of hydrogen-bond donors (Lipinski definition) is 0. The lowest BCUT2D eigenvalue weighted by Crippen LogP contribution is -2.03. The third-order valence-corrected chi connectivity index (χ3v) is 2.49. The number of aryl methyl sites for hydroxylation is 3. The third kappa shape index (κ3) is 1.23. The van der Waals surface area contributed by atoms with E-state index < -0.39 is 0 Å². The summed E-state index contributed by atoms with van der Waals surface area (Å²) in [5.41, 5.74) is 3.26. The molecular formula is C12H12O2. The van der Waals surface area contributed by atoms with E-state index in [0.29, 0.717) is 11.1 Å². The first-order chi connectivity index (χ1) is 6.59. The first kappa shape index (κ1) is 9.00. The lowest BCUT2D eigenvalue weighted by molar-refractivity contribution is 0.552. The van der Waals surface area contributed by atoms with Crippen LogP contribution in [0.2, 0.25) is 0 Å². The summed E-state index contributed by atoms with van der Waals surface area (Å²) in [5, 5.41) is 1.03. The van der Waals surface area contributed by atoms with E-state index in [-0.39, 0.29) is 5.63 Å². The lowest BCUT2D eigenvalue weighted by Gasteiger charge is -2.04. The minimum atomic E-state index is -0.244. The van der Waals surface area contributed by atoms with Crippen molar-refractivity contribution in [3.8, 4) is 0 Å². The van der Waals surface area contributed by atoms with Gasteiger partial charge < -0.3 is 4.42 Å². The Morgan fingerprint density at radius 1 is 1.00 bits per heavy atom. The summed E-state index contributed by atoms with van der Waals surface area (Å²) in [6.45, 7) is 5.73. The van der Waals surface area contributed by atoms with Crippen molar-refractivity contribution < 1.29 is 4.42 Å². The zero-order valence-corrected chi connectivity index (χ0v) is 8.55. The largest absolute Gasteiger partial charge is 0.422 e. The Balaban J connectivity index is 3.01. The molecule has 0 saturated heterocycles. The van der Waals surface area contributed by atoms with Gasteiger partial charge in [-0.25, -0.2) is 4.79 Å². The zero-order valence-electron chi connectivity index (χ0n) is 8.55. The van der Waals surface area contributed by atoms with E-state index in [9.17, 15) is 4.79 Å². The molecule has 72 valence electrons. The molecule has 2 rings (SSSR count). The fraction of sp³-hybridized carbons (Fsp3) is 0.250. The maximum atomic E-state index is 11.3. The van der Waals surface area contributed by atoms with E-state index in [1.165, 1.54) is 0 Å². The van der Waals surface area contributed by atoms with Gasteiger partial charge >= 0.3 is 5.63 Å². The normalized spacial score (nSPS) is 10.8. The second-order valence-electron chi connectivity index (χ2n) is 3.66. The van der Waals surface area contributed by atoms with Gasteiger partial charge in [0.15, 0.2) is 0 Å². The van der Waals surface area contributed by atoms with Crippen LogP contribution < -0.4 is 5.63 Å². The van der Waals surface area contributed by atoms with Crippen LogP contribution in [0.15, 0.2) is 27.4 Å². The summed E-state index contributed by atoms with van der Waals surface area (Å²) in [6, 6.07) is 5.90. The van der Waals surface area contributed by atoms with E-state index in [4.69, 9.17) is 4.42 Å². The summed E-state index contributed by atoms with van der Waals surface area (Å²) in [6.07, 6.45) is 0. The molecule has 0 radical (unpaired) electrons. The van der Waals surface area contributed by atoms with Gasteiger partial charge in [0.1, 0.15) is 5.58 Å². The van der Waals surface area contributed by atoms with Crippen LogP contribution in [-0.4, -0.2) is 0 Å². The molecule has 1 heterocycles. The highest BCUT2D eigenvalue weighted by atomic mass is 16.4. The maximum absolute atomic E-state index is 11.3. The van der Waals surface area contributed by atoms with Gasteiger partial charge in [0.05, 0.1) is 0 Å². The Hall–Kier alpha value is -1.57. The molecule has 0 atom stereocenters. The first-order valence-corrected chi connectivity index (χ1v) is 4.60. The average Bonchev–Trinajstić information content (AvgIpc) is 2.15. The van der Waals surface area contributed by atoms with Crippen molar-refractivity contribution in [1.82, 2.24) is 0 Å². The standard InChI is InChI=1S/C12H12O2/c1-7-4-5-8(2)11-10(7)6-9(3)12(13)14-11/h4-6H,1-3H3. The van der Waals surface area contributed by atoms with Gasteiger partial charge in [-0.15, -0.1) is 0 Å². The van der Waals surface area contributed by atoms with Gasteiger partial charge in [0, 0.05) is 10.9 Å². The van der Waals surface area contributed by atoms with E-state index in [1.54, 1.807) is 6.92 Å². The van der Waals surface area contributed by atoms with Crippen molar-refractivity contribution >= 4 is 11.0 Å². The minimum absolute atomic E-state index is 0.244. The average molecular weight is 188 g/mol. The summed E-state index contributed by atoms with van der Waals surface area (Å²) in [7, 11) is 0. The molecule has 0 aliphatic heterocycles. The van der Waals surface area contributed by atoms with Gasteiger partial charge in [-0.3, -0.25) is 0 Å². The van der Waals surface area contributed by atoms with Gasteiger partial charge in [-0.1, -0.05) is 12.1 Å². The molecule has 1 aromatic heterocycles. The number of hydrogen-bond acceptors (Lipinski definition) is 2. The summed E-state index contributed by atoms with van der Waals surface area (Å²) < 4.78 is 5.25. The van der Waals surface area contributed by atoms with Crippen LogP contribution in [0.4, 0.5) is 0 Å². The minimum Gasteiger partial charge on any atom is -0.422 e. The van der Waals surface area contributed by atoms with Crippen LogP contribution >= 0.6 is 0 Å². The molecule has 0 aliphatic rings. The molecular weight excluding hydrogens is 176 g/mol. The smallest absolute Gasteiger partial charge is 0.339 e. The van der Waals surface area contributed by atoms with Crippen molar-refractivity contribution in [1.29, 1.82) is 0 Å². The first-order valence-electron chi connectivity index (χ1n) is 4.60. The molecule has 0 aliphatic carbocycles. The fourth-order valence-corrected chi connectivity index (χ4v) is 1.57. The lowest BCUT2D eigenvalue weighted by atomic mass is 10.1. The molecule has 0 spiro atoms. The Bertz CT molecular complexity index is 550. The number of benzene rings is 1. The van der Waals surface area contributed by atoms with Crippen molar-refractivity contribution in [3.63, 3.8) is 0 Å². The molecule has 0 amide bonds. The van der Waals surface area contributed by atoms with E-state index in [1.807, 2.05) is 32.0 Å². The van der Waals surface area contributed by atoms with Gasteiger partial charge in [-0.2, -0.15) is 0 Å².